The highest BCUT2D eigenvalue weighted by Crippen LogP contribution is 2.54. The maximum absolute atomic E-state index is 12.2. The van der Waals surface area contributed by atoms with Gasteiger partial charge in [0.2, 0.25) is 17.6 Å². The minimum atomic E-state index is -0.697. The van der Waals surface area contributed by atoms with Crippen LogP contribution in [0.4, 0.5) is 0 Å². The molecule has 162 valence electrons. The van der Waals surface area contributed by atoms with Crippen LogP contribution in [0.25, 0.3) is 21.6 Å². The summed E-state index contributed by atoms with van der Waals surface area (Å²) in [5, 5.41) is 6.13. The van der Waals surface area contributed by atoms with Crippen molar-refractivity contribution in [3.63, 3.8) is 0 Å². The van der Waals surface area contributed by atoms with Crippen LogP contribution in [0.3, 0.4) is 0 Å². The number of carbonyl (C=O) groups is 2. The quantitative estimate of drug-likeness (QED) is 0.370. The average Bonchev–Trinajstić information content (AvgIpc) is 2.90. The van der Waals surface area contributed by atoms with Crippen LogP contribution in [0.15, 0.2) is 27.8 Å². The molecule has 0 spiro atoms. The lowest BCUT2D eigenvalue weighted by atomic mass is 9.92. The Balaban J connectivity index is 2.38. The third-order valence-electron chi connectivity index (χ3n) is 5.16. The van der Waals surface area contributed by atoms with Crippen molar-refractivity contribution in [2.24, 2.45) is 5.11 Å². The van der Waals surface area contributed by atoms with Crippen molar-refractivity contribution in [3.05, 3.63) is 49.8 Å². The molecule has 1 atom stereocenters. The van der Waals surface area contributed by atoms with Gasteiger partial charge in [-0.1, -0.05) is 12.1 Å². The van der Waals surface area contributed by atoms with E-state index in [0.717, 1.165) is 21.2 Å². The van der Waals surface area contributed by atoms with E-state index in [4.69, 9.17) is 19.7 Å². The number of rotatable bonds is 5. The van der Waals surface area contributed by atoms with Crippen LogP contribution in [0.1, 0.15) is 40.9 Å². The predicted molar refractivity (Wildman–Crippen MR) is 118 cm³/mol. The molecule has 0 saturated carbocycles. The van der Waals surface area contributed by atoms with Crippen molar-refractivity contribution in [2.45, 2.75) is 25.8 Å². The summed E-state index contributed by atoms with van der Waals surface area (Å²) in [5.74, 6) is 0.518. The van der Waals surface area contributed by atoms with Gasteiger partial charge in [0.05, 0.1) is 31.8 Å². The van der Waals surface area contributed by atoms with Crippen LogP contribution < -0.4 is 19.5 Å². The molecule has 1 aliphatic rings. The smallest absolute Gasteiger partial charge is 0.249 e. The van der Waals surface area contributed by atoms with E-state index in [1.54, 1.807) is 32.4 Å². The Hall–Kier alpha value is -3.23. The molecule has 0 aromatic heterocycles. The van der Waals surface area contributed by atoms with Crippen molar-refractivity contribution < 1.29 is 23.8 Å². The number of ether oxygens (including phenoxy) is 3. The molecule has 3 rings (SSSR count). The van der Waals surface area contributed by atoms with E-state index < -0.39 is 5.91 Å². The number of nitrogens with zero attached hydrogens (tertiary/aromatic N) is 3. The third kappa shape index (κ3) is 4.04. The van der Waals surface area contributed by atoms with Crippen LogP contribution in [0, 0.1) is 0 Å². The molecule has 10 heteroatoms. The van der Waals surface area contributed by atoms with Crippen molar-refractivity contribution in [1.82, 2.24) is 5.32 Å². The molecule has 0 aliphatic heterocycles. The van der Waals surface area contributed by atoms with E-state index in [-0.39, 0.29) is 17.5 Å². The summed E-state index contributed by atoms with van der Waals surface area (Å²) in [5.41, 5.74) is 12.0. The first-order valence-electron chi connectivity index (χ1n) is 9.39. The number of nitrogens with one attached hydrogen (secondary N) is 1. The highest BCUT2D eigenvalue weighted by atomic mass is 79.9. The summed E-state index contributed by atoms with van der Waals surface area (Å²) >= 11 is 3.64. The summed E-state index contributed by atoms with van der Waals surface area (Å²) in [6.45, 7) is 1.44. The predicted octanol–water partition coefficient (Wildman–Crippen LogP) is 4.72. The molecular formula is C21H21BrN4O5. The van der Waals surface area contributed by atoms with E-state index in [2.05, 4.69) is 31.3 Å². The topological polar surface area (TPSA) is 123 Å². The Bertz CT molecular complexity index is 1110. The standard InChI is InChI=1S/C21H21BrN4O5/c1-10(27)24-15-8-7-13-16(18(29-2)20(31-4)19(30-3)17(13)22)12-6-5-11(9-14(12)15)21(28)25-26-23/h5-6,9,15H,7-8H2,1-4H3,(H,24,27)/t15-/m0/s1. The van der Waals surface area contributed by atoms with Crippen molar-refractivity contribution in [2.75, 3.05) is 21.3 Å². The van der Waals surface area contributed by atoms with Gasteiger partial charge < -0.3 is 19.5 Å². The summed E-state index contributed by atoms with van der Waals surface area (Å²) < 4.78 is 17.6. The van der Waals surface area contributed by atoms with Gasteiger partial charge in [0, 0.05) is 23.0 Å². The second kappa shape index (κ2) is 9.28. The van der Waals surface area contributed by atoms with E-state index in [1.165, 1.54) is 14.0 Å². The first-order valence-corrected chi connectivity index (χ1v) is 10.2. The van der Waals surface area contributed by atoms with E-state index in [0.29, 0.717) is 35.7 Å². The molecular weight excluding hydrogens is 468 g/mol. The summed E-state index contributed by atoms with van der Waals surface area (Å²) in [6, 6.07) is 4.62. The molecule has 0 fully saturated rings. The molecule has 0 bridgehead atoms. The van der Waals surface area contributed by atoms with Crippen molar-refractivity contribution in [3.8, 4) is 28.4 Å². The van der Waals surface area contributed by atoms with Gasteiger partial charge in [0.25, 0.3) is 0 Å². The van der Waals surface area contributed by atoms with Gasteiger partial charge in [-0.05, 0) is 62.2 Å². The fourth-order valence-corrected chi connectivity index (χ4v) is 4.67. The highest BCUT2D eigenvalue weighted by Gasteiger charge is 2.32. The summed E-state index contributed by atoms with van der Waals surface area (Å²) in [4.78, 5) is 26.7. The van der Waals surface area contributed by atoms with Gasteiger partial charge in [0.1, 0.15) is 0 Å². The molecule has 2 aromatic rings. The minimum absolute atomic E-state index is 0.199. The number of methoxy groups -OCH3 is 3. The SMILES string of the molecule is COc1c(Br)c2c(c(OC)c1OC)-c1ccc(C(=O)N=[N+]=[N-])cc1[C@@H](NC(C)=O)CC2. The minimum Gasteiger partial charge on any atom is -0.492 e. The molecule has 0 saturated heterocycles. The maximum atomic E-state index is 12.2. The lowest BCUT2D eigenvalue weighted by Crippen LogP contribution is -2.26. The fourth-order valence-electron chi connectivity index (χ4n) is 3.93. The first-order chi connectivity index (χ1) is 14.9. The normalized spacial score (nSPS) is 14.3. The lowest BCUT2D eigenvalue weighted by molar-refractivity contribution is -0.119. The highest BCUT2D eigenvalue weighted by molar-refractivity contribution is 9.10. The molecule has 2 amide bonds. The molecule has 31 heavy (non-hydrogen) atoms. The Labute approximate surface area is 187 Å². The number of benzene rings is 2. The second-order valence-corrected chi connectivity index (χ2v) is 7.65. The number of fused-ring (bicyclic) bond motifs is 3. The van der Waals surface area contributed by atoms with E-state index in [9.17, 15) is 9.59 Å². The van der Waals surface area contributed by atoms with Gasteiger partial charge in [0.15, 0.2) is 11.5 Å². The van der Waals surface area contributed by atoms with Crippen LogP contribution in [0.2, 0.25) is 0 Å². The molecule has 9 nitrogen and oxygen atoms in total. The Morgan fingerprint density at radius 2 is 1.84 bits per heavy atom. The van der Waals surface area contributed by atoms with Gasteiger partial charge >= 0.3 is 0 Å². The molecule has 2 aromatic carbocycles. The number of halogens is 1. The van der Waals surface area contributed by atoms with Crippen LogP contribution in [-0.4, -0.2) is 33.1 Å². The van der Waals surface area contributed by atoms with E-state index in [1.807, 2.05) is 0 Å². The monoisotopic (exact) mass is 488 g/mol. The summed E-state index contributed by atoms with van der Waals surface area (Å²) in [7, 11) is 4.62. The Morgan fingerprint density at radius 1 is 1.16 bits per heavy atom. The van der Waals surface area contributed by atoms with Gasteiger partial charge in [-0.2, -0.15) is 0 Å². The van der Waals surface area contributed by atoms with Crippen molar-refractivity contribution in [1.29, 1.82) is 0 Å². The van der Waals surface area contributed by atoms with E-state index >= 15 is 0 Å². The number of amides is 2. The van der Waals surface area contributed by atoms with Crippen molar-refractivity contribution >= 4 is 27.7 Å². The first kappa shape index (κ1) is 22.5. The molecule has 0 unspecified atom stereocenters. The third-order valence-corrected chi connectivity index (χ3v) is 6.00. The Morgan fingerprint density at radius 3 is 2.42 bits per heavy atom. The number of hydrogen-bond donors (Lipinski definition) is 1. The largest absolute Gasteiger partial charge is 0.492 e. The number of azide groups is 1. The summed E-state index contributed by atoms with van der Waals surface area (Å²) in [6.07, 6.45) is 1.15. The fraction of sp³-hybridized carbons (Fsp3) is 0.333. The molecule has 0 heterocycles. The molecule has 0 radical (unpaired) electrons. The molecule has 1 aliphatic carbocycles. The number of hydrogen-bond acceptors (Lipinski definition) is 5. The second-order valence-electron chi connectivity index (χ2n) is 6.86. The van der Waals surface area contributed by atoms with Gasteiger partial charge in [-0.3, -0.25) is 9.59 Å². The molecule has 1 N–H and O–H groups in total. The Kier molecular flexibility index (Phi) is 6.72. The lowest BCUT2D eigenvalue weighted by Gasteiger charge is -2.22. The van der Waals surface area contributed by atoms with Gasteiger partial charge in [-0.15, -0.1) is 0 Å². The zero-order valence-corrected chi connectivity index (χ0v) is 19.1. The zero-order chi connectivity index (χ0) is 22.7. The van der Waals surface area contributed by atoms with Gasteiger partial charge in [-0.25, -0.2) is 0 Å². The number of carbonyl (C=O) groups excluding carboxylic acids is 2. The van der Waals surface area contributed by atoms with Crippen LogP contribution in [-0.2, 0) is 11.2 Å². The average molecular weight is 489 g/mol. The zero-order valence-electron chi connectivity index (χ0n) is 17.5. The maximum Gasteiger partial charge on any atom is 0.249 e. The van der Waals surface area contributed by atoms with Crippen LogP contribution >= 0.6 is 15.9 Å². The van der Waals surface area contributed by atoms with Crippen LogP contribution in [0.5, 0.6) is 17.2 Å².